The second kappa shape index (κ2) is 10.6. The molecule has 0 aliphatic carbocycles. The standard InChI is InChI=1S/C31H38N6O4/c1-19(2)37-28-24(35(5)30(37)38)15-32-29-26(28)25(27(34-29)22-14-33-36(16-22)18-31(3,4)39)21-8-6-20(7-9-21)17-41-23-10-12-40-13-11-23/h6-9,14-16,19,23,39H,10-13,17-18H2,1-5H3,(H,32,34). The number of aromatic amines is 1. The first-order valence-corrected chi connectivity index (χ1v) is 14.3. The summed E-state index contributed by atoms with van der Waals surface area (Å²) in [7, 11) is 1.79. The SMILES string of the molecule is CC(C)n1c(=O)n(C)c2cnc3[nH]c(-c4cnn(CC(C)(C)O)c4)c(-c4ccc(COC5CCOCC5)cc4)c3c21. The molecule has 10 nitrogen and oxygen atoms in total. The highest BCUT2D eigenvalue weighted by Gasteiger charge is 2.25. The molecule has 1 aliphatic heterocycles. The van der Waals surface area contributed by atoms with Crippen LogP contribution < -0.4 is 5.69 Å². The molecule has 0 amide bonds. The molecule has 1 saturated heterocycles. The van der Waals surface area contributed by atoms with E-state index in [1.807, 2.05) is 24.6 Å². The first kappa shape index (κ1) is 27.4. The Labute approximate surface area is 238 Å². The molecule has 4 aromatic heterocycles. The van der Waals surface area contributed by atoms with Crippen molar-refractivity contribution in [1.29, 1.82) is 0 Å². The van der Waals surface area contributed by atoms with Crippen molar-refractivity contribution < 1.29 is 14.6 Å². The monoisotopic (exact) mass is 558 g/mol. The predicted molar refractivity (Wildman–Crippen MR) is 159 cm³/mol. The Morgan fingerprint density at radius 3 is 2.56 bits per heavy atom. The summed E-state index contributed by atoms with van der Waals surface area (Å²) in [6.07, 6.45) is 7.57. The molecule has 1 aromatic carbocycles. The molecule has 216 valence electrons. The number of rotatable bonds is 8. The average Bonchev–Trinajstić information content (AvgIpc) is 3.62. The highest BCUT2D eigenvalue weighted by molar-refractivity contribution is 6.14. The van der Waals surface area contributed by atoms with Crippen LogP contribution >= 0.6 is 0 Å². The van der Waals surface area contributed by atoms with Crippen LogP contribution in [-0.2, 0) is 29.7 Å². The Hall–Kier alpha value is -3.73. The summed E-state index contributed by atoms with van der Waals surface area (Å²) in [6.45, 7) is 9.98. The van der Waals surface area contributed by atoms with E-state index in [4.69, 9.17) is 14.5 Å². The lowest BCUT2D eigenvalue weighted by atomic mass is 9.98. The number of benzene rings is 1. The van der Waals surface area contributed by atoms with E-state index >= 15 is 0 Å². The number of nitrogens with one attached hydrogen (secondary N) is 1. The van der Waals surface area contributed by atoms with Crippen LogP contribution in [0.3, 0.4) is 0 Å². The van der Waals surface area contributed by atoms with E-state index in [1.54, 1.807) is 42.5 Å². The van der Waals surface area contributed by atoms with Crippen LogP contribution in [0, 0.1) is 0 Å². The topological polar surface area (TPSA) is 112 Å². The third-order valence-corrected chi connectivity index (χ3v) is 7.75. The lowest BCUT2D eigenvalue weighted by Gasteiger charge is -2.22. The minimum atomic E-state index is -0.903. The van der Waals surface area contributed by atoms with Crippen LogP contribution in [0.2, 0.25) is 0 Å². The van der Waals surface area contributed by atoms with Gasteiger partial charge in [-0.3, -0.25) is 13.8 Å². The largest absolute Gasteiger partial charge is 0.389 e. The van der Waals surface area contributed by atoms with Crippen LogP contribution in [0.5, 0.6) is 0 Å². The predicted octanol–water partition coefficient (Wildman–Crippen LogP) is 4.79. The molecule has 10 heteroatoms. The van der Waals surface area contributed by atoms with Crippen molar-refractivity contribution in [3.63, 3.8) is 0 Å². The number of aliphatic hydroxyl groups is 1. The normalized spacial score (nSPS) is 15.1. The lowest BCUT2D eigenvalue weighted by molar-refractivity contribution is -0.0390. The molecule has 2 N–H and O–H groups in total. The zero-order chi connectivity index (χ0) is 28.9. The van der Waals surface area contributed by atoms with E-state index in [0.29, 0.717) is 18.8 Å². The minimum Gasteiger partial charge on any atom is -0.389 e. The summed E-state index contributed by atoms with van der Waals surface area (Å²) in [4.78, 5) is 21.6. The highest BCUT2D eigenvalue weighted by atomic mass is 16.5. The van der Waals surface area contributed by atoms with Crippen molar-refractivity contribution >= 4 is 22.1 Å². The summed E-state index contributed by atoms with van der Waals surface area (Å²) >= 11 is 0. The molecule has 0 bridgehead atoms. The number of hydrogen-bond donors (Lipinski definition) is 2. The first-order chi connectivity index (χ1) is 19.6. The summed E-state index contributed by atoms with van der Waals surface area (Å²) in [6, 6.07) is 8.37. The minimum absolute atomic E-state index is 0.0396. The van der Waals surface area contributed by atoms with Gasteiger partial charge in [-0.15, -0.1) is 0 Å². The maximum Gasteiger partial charge on any atom is 0.329 e. The van der Waals surface area contributed by atoms with E-state index < -0.39 is 5.60 Å². The van der Waals surface area contributed by atoms with Crippen molar-refractivity contribution in [3.8, 4) is 22.4 Å². The van der Waals surface area contributed by atoms with Gasteiger partial charge >= 0.3 is 5.69 Å². The van der Waals surface area contributed by atoms with E-state index in [0.717, 1.165) is 70.4 Å². The number of ether oxygens (including phenoxy) is 2. The van der Waals surface area contributed by atoms with Crippen molar-refractivity contribution in [3.05, 3.63) is 58.9 Å². The van der Waals surface area contributed by atoms with Gasteiger partial charge in [0.2, 0.25) is 0 Å². The molecule has 5 aromatic rings. The quantitative estimate of drug-likeness (QED) is 0.283. The fourth-order valence-corrected chi connectivity index (χ4v) is 5.76. The smallest absolute Gasteiger partial charge is 0.329 e. The van der Waals surface area contributed by atoms with Gasteiger partial charge in [-0.05, 0) is 51.7 Å². The molecule has 1 aliphatic rings. The van der Waals surface area contributed by atoms with Crippen LogP contribution in [-0.4, -0.2) is 58.9 Å². The number of hydrogen-bond acceptors (Lipinski definition) is 6. The van der Waals surface area contributed by atoms with Crippen LogP contribution in [0.25, 0.3) is 44.5 Å². The Morgan fingerprint density at radius 1 is 1.15 bits per heavy atom. The molecule has 5 heterocycles. The molecular formula is C31H38N6O4. The van der Waals surface area contributed by atoms with Gasteiger partial charge in [-0.1, -0.05) is 24.3 Å². The molecule has 1 fully saturated rings. The Bertz CT molecular complexity index is 1740. The van der Waals surface area contributed by atoms with Gasteiger partial charge < -0.3 is 19.6 Å². The lowest BCUT2D eigenvalue weighted by Crippen LogP contribution is -2.26. The maximum atomic E-state index is 13.3. The van der Waals surface area contributed by atoms with Gasteiger partial charge in [0.05, 0.1) is 59.4 Å². The second-order valence-electron chi connectivity index (χ2n) is 12.0. The maximum absolute atomic E-state index is 13.3. The summed E-state index contributed by atoms with van der Waals surface area (Å²) in [5.74, 6) is 0. The van der Waals surface area contributed by atoms with E-state index in [-0.39, 0.29) is 17.8 Å². The van der Waals surface area contributed by atoms with Gasteiger partial charge in [0.25, 0.3) is 0 Å². The van der Waals surface area contributed by atoms with Gasteiger partial charge in [0, 0.05) is 43.6 Å². The number of nitrogens with zero attached hydrogens (tertiary/aromatic N) is 5. The molecule has 0 radical (unpaired) electrons. The second-order valence-corrected chi connectivity index (χ2v) is 12.0. The van der Waals surface area contributed by atoms with Gasteiger partial charge in [-0.2, -0.15) is 5.10 Å². The van der Waals surface area contributed by atoms with Gasteiger partial charge in [0.15, 0.2) is 0 Å². The summed E-state index contributed by atoms with van der Waals surface area (Å²) < 4.78 is 16.9. The number of imidazole rings is 1. The third-order valence-electron chi connectivity index (χ3n) is 7.75. The van der Waals surface area contributed by atoms with Crippen molar-refractivity contribution in [2.75, 3.05) is 13.2 Å². The third kappa shape index (κ3) is 5.23. The molecule has 41 heavy (non-hydrogen) atoms. The fraction of sp³-hybridized carbons (Fsp3) is 0.452. The van der Waals surface area contributed by atoms with Crippen molar-refractivity contribution in [1.82, 2.24) is 28.9 Å². The van der Waals surface area contributed by atoms with E-state index in [9.17, 15) is 9.90 Å². The summed E-state index contributed by atoms with van der Waals surface area (Å²) in [5, 5.41) is 15.8. The molecule has 0 atom stereocenters. The van der Waals surface area contributed by atoms with Crippen molar-refractivity contribution in [2.24, 2.45) is 7.05 Å². The van der Waals surface area contributed by atoms with Gasteiger partial charge in [0.1, 0.15) is 5.65 Å². The Balaban J connectivity index is 1.50. The number of H-pyrrole nitrogens is 1. The average molecular weight is 559 g/mol. The molecule has 0 spiro atoms. The molecule has 0 saturated carbocycles. The van der Waals surface area contributed by atoms with Crippen LogP contribution in [0.4, 0.5) is 0 Å². The zero-order valence-electron chi connectivity index (χ0n) is 24.3. The number of fused-ring (bicyclic) bond motifs is 3. The highest BCUT2D eigenvalue weighted by Crippen LogP contribution is 2.41. The Morgan fingerprint density at radius 2 is 1.88 bits per heavy atom. The number of aromatic nitrogens is 6. The first-order valence-electron chi connectivity index (χ1n) is 14.3. The molecule has 0 unspecified atom stereocenters. The Kier molecular flexibility index (Phi) is 7.09. The number of pyridine rings is 1. The van der Waals surface area contributed by atoms with E-state index in [2.05, 4.69) is 34.3 Å². The number of aryl methyl sites for hydroxylation is 1. The van der Waals surface area contributed by atoms with Crippen molar-refractivity contribution in [2.45, 2.75) is 71.4 Å². The molecular weight excluding hydrogens is 520 g/mol. The zero-order valence-corrected chi connectivity index (χ0v) is 24.3. The molecule has 6 rings (SSSR count). The van der Waals surface area contributed by atoms with Crippen LogP contribution in [0.15, 0.2) is 47.7 Å². The van der Waals surface area contributed by atoms with Crippen LogP contribution in [0.1, 0.15) is 52.1 Å². The summed E-state index contributed by atoms with van der Waals surface area (Å²) in [5.41, 5.74) is 6.14. The van der Waals surface area contributed by atoms with E-state index in [1.165, 1.54) is 0 Å². The fourth-order valence-electron chi connectivity index (χ4n) is 5.76. The van der Waals surface area contributed by atoms with Gasteiger partial charge in [-0.25, -0.2) is 9.78 Å².